The molecule has 100 valence electrons. The topological polar surface area (TPSA) is 46.0 Å². The van der Waals surface area contributed by atoms with Crippen molar-refractivity contribution in [2.75, 3.05) is 0 Å². The van der Waals surface area contributed by atoms with E-state index in [9.17, 15) is 5.11 Å². The average Bonchev–Trinajstić information content (AvgIpc) is 2.46. The number of aromatic nitrogens is 2. The first-order chi connectivity index (χ1) is 9.66. The number of benzene rings is 1. The van der Waals surface area contributed by atoms with Gasteiger partial charge in [0.05, 0.1) is 0 Å². The fourth-order valence-corrected chi connectivity index (χ4v) is 2.53. The molecule has 0 radical (unpaired) electrons. The fraction of sp³-hybridized carbons (Fsp3) is 0.176. The highest BCUT2D eigenvalue weighted by Gasteiger charge is 2.16. The molecule has 3 rings (SSSR count). The summed E-state index contributed by atoms with van der Waals surface area (Å²) in [6, 6.07) is 11.7. The summed E-state index contributed by atoms with van der Waals surface area (Å²) in [5.41, 5.74) is 3.52. The first kappa shape index (κ1) is 12.8. The lowest BCUT2D eigenvalue weighted by atomic mass is 9.96. The molecule has 3 aromatic rings. The molecule has 0 aliphatic carbocycles. The molecule has 20 heavy (non-hydrogen) atoms. The first-order valence-corrected chi connectivity index (χ1v) is 6.61. The van der Waals surface area contributed by atoms with Crippen LogP contribution in [-0.2, 0) is 0 Å². The van der Waals surface area contributed by atoms with Crippen molar-refractivity contribution in [2.24, 2.45) is 0 Å². The van der Waals surface area contributed by atoms with Crippen LogP contribution in [0.3, 0.4) is 0 Å². The lowest BCUT2D eigenvalue weighted by molar-refractivity contribution is 0.220. The van der Waals surface area contributed by atoms with Crippen LogP contribution >= 0.6 is 0 Å². The minimum atomic E-state index is -0.684. The molecule has 2 heterocycles. The Bertz CT molecular complexity index is 763. The minimum Gasteiger partial charge on any atom is -0.384 e. The van der Waals surface area contributed by atoms with Crippen LogP contribution in [0.2, 0.25) is 0 Å². The van der Waals surface area contributed by atoms with E-state index in [1.165, 1.54) is 0 Å². The van der Waals surface area contributed by atoms with E-state index in [2.05, 4.69) is 9.97 Å². The van der Waals surface area contributed by atoms with Crippen LogP contribution in [0.25, 0.3) is 10.8 Å². The van der Waals surface area contributed by atoms with Crippen molar-refractivity contribution in [3.63, 3.8) is 0 Å². The molecule has 1 N–H and O–H groups in total. The number of hydrogen-bond donors (Lipinski definition) is 1. The van der Waals surface area contributed by atoms with E-state index in [1.807, 2.05) is 50.2 Å². The summed E-state index contributed by atoms with van der Waals surface area (Å²) in [5, 5.41) is 12.7. The van der Waals surface area contributed by atoms with Crippen LogP contribution in [-0.4, -0.2) is 15.1 Å². The number of aryl methyl sites for hydroxylation is 2. The number of fused-ring (bicyclic) bond motifs is 1. The monoisotopic (exact) mass is 264 g/mol. The predicted octanol–water partition coefficient (Wildman–Crippen LogP) is 3.33. The van der Waals surface area contributed by atoms with Crippen LogP contribution in [0.4, 0.5) is 0 Å². The Morgan fingerprint density at radius 1 is 1.00 bits per heavy atom. The maximum atomic E-state index is 10.7. The summed E-state index contributed by atoms with van der Waals surface area (Å²) in [6.45, 7) is 3.87. The molecule has 0 saturated heterocycles. The Hall–Kier alpha value is -2.26. The van der Waals surface area contributed by atoms with E-state index >= 15 is 0 Å². The van der Waals surface area contributed by atoms with Crippen LogP contribution in [0.15, 0.2) is 48.8 Å². The number of rotatable bonds is 2. The van der Waals surface area contributed by atoms with Crippen molar-refractivity contribution in [1.82, 2.24) is 9.97 Å². The third-order valence-corrected chi connectivity index (χ3v) is 3.57. The number of pyridine rings is 2. The van der Waals surface area contributed by atoms with Crippen LogP contribution in [0, 0.1) is 13.8 Å². The summed E-state index contributed by atoms with van der Waals surface area (Å²) in [7, 11) is 0. The molecule has 2 aromatic heterocycles. The van der Waals surface area contributed by atoms with E-state index in [-0.39, 0.29) is 0 Å². The van der Waals surface area contributed by atoms with Gasteiger partial charge in [-0.1, -0.05) is 24.3 Å². The highest BCUT2D eigenvalue weighted by atomic mass is 16.3. The summed E-state index contributed by atoms with van der Waals surface area (Å²) in [4.78, 5) is 8.58. The van der Waals surface area contributed by atoms with Crippen molar-refractivity contribution in [3.8, 4) is 0 Å². The normalized spacial score (nSPS) is 12.6. The molecular weight excluding hydrogens is 248 g/mol. The molecule has 0 amide bonds. The quantitative estimate of drug-likeness (QED) is 0.772. The smallest absolute Gasteiger partial charge is 0.106 e. The van der Waals surface area contributed by atoms with Crippen molar-refractivity contribution in [3.05, 3.63) is 71.3 Å². The van der Waals surface area contributed by atoms with E-state index in [4.69, 9.17) is 0 Å². The Labute approximate surface area is 117 Å². The summed E-state index contributed by atoms with van der Waals surface area (Å²) < 4.78 is 0. The van der Waals surface area contributed by atoms with Gasteiger partial charge in [-0.15, -0.1) is 0 Å². The number of nitrogens with zero attached hydrogens (tertiary/aromatic N) is 2. The summed E-state index contributed by atoms with van der Waals surface area (Å²) in [6.07, 6.45) is 2.87. The molecule has 1 atom stereocenters. The minimum absolute atomic E-state index is 0.684. The van der Waals surface area contributed by atoms with Gasteiger partial charge >= 0.3 is 0 Å². The van der Waals surface area contributed by atoms with E-state index in [0.29, 0.717) is 0 Å². The van der Waals surface area contributed by atoms with Crippen molar-refractivity contribution >= 4 is 10.8 Å². The van der Waals surface area contributed by atoms with E-state index in [1.54, 1.807) is 12.4 Å². The molecule has 1 aromatic carbocycles. The second-order valence-corrected chi connectivity index (χ2v) is 4.97. The molecule has 1 unspecified atom stereocenters. The Balaban J connectivity index is 2.15. The van der Waals surface area contributed by atoms with E-state index in [0.717, 1.165) is 33.3 Å². The highest BCUT2D eigenvalue weighted by molar-refractivity contribution is 5.85. The predicted molar refractivity (Wildman–Crippen MR) is 79.5 cm³/mol. The molecule has 0 spiro atoms. The number of aliphatic hydroxyl groups is 1. The van der Waals surface area contributed by atoms with Gasteiger partial charge < -0.3 is 5.11 Å². The van der Waals surface area contributed by atoms with Gasteiger partial charge in [-0.3, -0.25) is 9.97 Å². The van der Waals surface area contributed by atoms with Gasteiger partial charge in [0.15, 0.2) is 0 Å². The van der Waals surface area contributed by atoms with Gasteiger partial charge in [0.1, 0.15) is 6.10 Å². The Morgan fingerprint density at radius 2 is 1.85 bits per heavy atom. The zero-order chi connectivity index (χ0) is 14.1. The molecule has 0 bridgehead atoms. The average molecular weight is 264 g/mol. The zero-order valence-electron chi connectivity index (χ0n) is 11.5. The van der Waals surface area contributed by atoms with E-state index < -0.39 is 6.10 Å². The molecule has 0 aliphatic rings. The fourth-order valence-electron chi connectivity index (χ4n) is 2.53. The molecule has 0 fully saturated rings. The molecule has 0 saturated carbocycles. The lowest BCUT2D eigenvalue weighted by Crippen LogP contribution is -2.05. The molecule has 3 heteroatoms. The standard InChI is InChI=1S/C17H16N2O/c1-11-6-7-14(12(2)19-11)17(20)15-5-3-4-13-8-9-18-10-16(13)15/h3-10,17,20H,1-2H3. The summed E-state index contributed by atoms with van der Waals surface area (Å²) >= 11 is 0. The lowest BCUT2D eigenvalue weighted by Gasteiger charge is -2.16. The number of aliphatic hydroxyl groups excluding tert-OH is 1. The number of hydrogen-bond acceptors (Lipinski definition) is 3. The van der Waals surface area contributed by atoms with Crippen molar-refractivity contribution in [2.45, 2.75) is 20.0 Å². The van der Waals surface area contributed by atoms with Crippen molar-refractivity contribution < 1.29 is 5.11 Å². The van der Waals surface area contributed by atoms with Crippen LogP contribution in [0.1, 0.15) is 28.6 Å². The second kappa shape index (κ2) is 5.02. The van der Waals surface area contributed by atoms with Gasteiger partial charge in [-0.05, 0) is 36.9 Å². The van der Waals surface area contributed by atoms with Gasteiger partial charge in [0.2, 0.25) is 0 Å². The van der Waals surface area contributed by atoms with Gasteiger partial charge in [-0.25, -0.2) is 0 Å². The first-order valence-electron chi connectivity index (χ1n) is 6.61. The molecule has 0 aliphatic heterocycles. The third-order valence-electron chi connectivity index (χ3n) is 3.57. The zero-order valence-corrected chi connectivity index (χ0v) is 11.5. The maximum absolute atomic E-state index is 10.7. The van der Waals surface area contributed by atoms with Crippen LogP contribution in [0.5, 0.6) is 0 Å². The van der Waals surface area contributed by atoms with Gasteiger partial charge in [0.25, 0.3) is 0 Å². The Kier molecular flexibility index (Phi) is 3.20. The van der Waals surface area contributed by atoms with Crippen molar-refractivity contribution in [1.29, 1.82) is 0 Å². The SMILES string of the molecule is Cc1ccc(C(O)c2cccc3ccncc23)c(C)n1. The Morgan fingerprint density at radius 3 is 2.65 bits per heavy atom. The maximum Gasteiger partial charge on any atom is 0.106 e. The largest absolute Gasteiger partial charge is 0.384 e. The van der Waals surface area contributed by atoms with Gasteiger partial charge in [-0.2, -0.15) is 0 Å². The molecular formula is C17H16N2O. The second-order valence-electron chi connectivity index (χ2n) is 4.97. The third kappa shape index (κ3) is 2.17. The highest BCUT2D eigenvalue weighted by Crippen LogP contribution is 2.29. The van der Waals surface area contributed by atoms with Gasteiger partial charge in [0, 0.05) is 34.7 Å². The van der Waals surface area contributed by atoms with Crippen LogP contribution < -0.4 is 0 Å². The summed E-state index contributed by atoms with van der Waals surface area (Å²) in [5.74, 6) is 0. The molecule has 3 nitrogen and oxygen atoms in total.